The highest BCUT2D eigenvalue weighted by Gasteiger charge is 2.35. The van der Waals surface area contributed by atoms with Crippen LogP contribution in [-0.4, -0.2) is 16.1 Å². The topological polar surface area (TPSA) is 48.2 Å². The molecular weight excluding hydrogens is 273 g/mol. The molecule has 2 aromatic heterocycles. The summed E-state index contributed by atoms with van der Waals surface area (Å²) in [5.41, 5.74) is -0.985. The van der Waals surface area contributed by atoms with E-state index in [-0.39, 0.29) is 24.2 Å². The number of halogens is 3. The normalized spacial score (nSPS) is 15.6. The molecule has 0 bridgehead atoms. The van der Waals surface area contributed by atoms with Gasteiger partial charge in [-0.1, -0.05) is 0 Å². The average Bonchev–Trinajstić information content (AvgIpc) is 3.12. The van der Waals surface area contributed by atoms with Crippen LogP contribution < -0.4 is 0 Å². The van der Waals surface area contributed by atoms with Crippen molar-refractivity contribution < 1.29 is 22.3 Å². The molecule has 3 rings (SSSR count). The molecule has 0 amide bonds. The highest BCUT2D eigenvalue weighted by molar-refractivity contribution is 5.58. The Morgan fingerprint density at radius 3 is 2.80 bits per heavy atom. The summed E-state index contributed by atoms with van der Waals surface area (Å²) in [6.07, 6.45) is 1.37. The SMILES string of the molecule is FC(F)(F)c1ccncc1-c1ncc(COC2CC2)o1. The van der Waals surface area contributed by atoms with Gasteiger partial charge in [-0.05, 0) is 18.9 Å². The van der Waals surface area contributed by atoms with Gasteiger partial charge in [-0.2, -0.15) is 13.2 Å². The second kappa shape index (κ2) is 4.90. The van der Waals surface area contributed by atoms with Crippen molar-refractivity contribution in [3.63, 3.8) is 0 Å². The third kappa shape index (κ3) is 2.82. The van der Waals surface area contributed by atoms with E-state index in [0.29, 0.717) is 5.76 Å². The lowest BCUT2D eigenvalue weighted by atomic mass is 10.1. The molecule has 2 aromatic rings. The zero-order valence-electron chi connectivity index (χ0n) is 10.4. The molecule has 2 heterocycles. The van der Waals surface area contributed by atoms with Gasteiger partial charge in [0, 0.05) is 12.4 Å². The molecule has 0 atom stereocenters. The number of nitrogens with zero attached hydrogens (tertiary/aromatic N) is 2. The summed E-state index contributed by atoms with van der Waals surface area (Å²) in [6.45, 7) is 0.222. The first-order valence-electron chi connectivity index (χ1n) is 6.12. The second-order valence-electron chi connectivity index (χ2n) is 4.56. The van der Waals surface area contributed by atoms with Crippen LogP contribution in [0.3, 0.4) is 0 Å². The molecule has 7 heteroatoms. The van der Waals surface area contributed by atoms with E-state index in [2.05, 4.69) is 9.97 Å². The van der Waals surface area contributed by atoms with Crippen molar-refractivity contribution in [3.05, 3.63) is 36.0 Å². The fourth-order valence-electron chi connectivity index (χ4n) is 1.75. The van der Waals surface area contributed by atoms with E-state index in [1.165, 1.54) is 6.20 Å². The number of hydrogen-bond donors (Lipinski definition) is 0. The van der Waals surface area contributed by atoms with E-state index >= 15 is 0 Å². The fraction of sp³-hybridized carbons (Fsp3) is 0.385. The summed E-state index contributed by atoms with van der Waals surface area (Å²) in [5, 5.41) is 0. The molecule has 1 saturated carbocycles. The Morgan fingerprint density at radius 1 is 1.30 bits per heavy atom. The number of pyridine rings is 1. The predicted molar refractivity (Wildman–Crippen MR) is 62.5 cm³/mol. The van der Waals surface area contributed by atoms with Crippen LogP contribution in [0.2, 0.25) is 0 Å². The Kier molecular flexibility index (Phi) is 3.21. The largest absolute Gasteiger partial charge is 0.439 e. The van der Waals surface area contributed by atoms with E-state index in [0.717, 1.165) is 31.3 Å². The average molecular weight is 284 g/mol. The lowest BCUT2D eigenvalue weighted by Crippen LogP contribution is -2.07. The van der Waals surface area contributed by atoms with Gasteiger partial charge >= 0.3 is 6.18 Å². The fourth-order valence-corrected chi connectivity index (χ4v) is 1.75. The molecular formula is C13H11F3N2O2. The van der Waals surface area contributed by atoms with Gasteiger partial charge in [-0.3, -0.25) is 4.98 Å². The van der Waals surface area contributed by atoms with Crippen LogP contribution >= 0.6 is 0 Å². The maximum absolute atomic E-state index is 12.9. The summed E-state index contributed by atoms with van der Waals surface area (Å²) < 4.78 is 49.4. The first-order chi connectivity index (χ1) is 9.54. The van der Waals surface area contributed by atoms with Crippen LogP contribution in [0.25, 0.3) is 11.5 Å². The number of rotatable bonds is 4. The van der Waals surface area contributed by atoms with Crippen molar-refractivity contribution in [2.45, 2.75) is 31.7 Å². The van der Waals surface area contributed by atoms with Gasteiger partial charge < -0.3 is 9.15 Å². The minimum absolute atomic E-state index is 0.0974. The predicted octanol–water partition coefficient (Wildman–Crippen LogP) is 3.43. The Hall–Kier alpha value is -1.89. The quantitative estimate of drug-likeness (QED) is 0.863. The van der Waals surface area contributed by atoms with Crippen LogP contribution in [0, 0.1) is 0 Å². The van der Waals surface area contributed by atoms with Gasteiger partial charge in [-0.15, -0.1) is 0 Å². The second-order valence-corrected chi connectivity index (χ2v) is 4.56. The minimum Gasteiger partial charge on any atom is -0.439 e. The van der Waals surface area contributed by atoms with E-state index in [1.807, 2.05) is 0 Å². The Morgan fingerprint density at radius 2 is 2.10 bits per heavy atom. The number of hydrogen-bond acceptors (Lipinski definition) is 4. The molecule has 0 aliphatic heterocycles. The third-order valence-electron chi connectivity index (χ3n) is 2.90. The highest BCUT2D eigenvalue weighted by Crippen LogP contribution is 2.36. The van der Waals surface area contributed by atoms with E-state index in [4.69, 9.17) is 9.15 Å². The monoisotopic (exact) mass is 284 g/mol. The Bertz CT molecular complexity index is 606. The van der Waals surface area contributed by atoms with E-state index < -0.39 is 11.7 Å². The van der Waals surface area contributed by atoms with Gasteiger partial charge in [0.05, 0.1) is 23.4 Å². The lowest BCUT2D eigenvalue weighted by molar-refractivity contribution is -0.137. The Balaban J connectivity index is 1.85. The smallest absolute Gasteiger partial charge is 0.417 e. The molecule has 0 saturated heterocycles. The highest BCUT2D eigenvalue weighted by atomic mass is 19.4. The minimum atomic E-state index is -4.47. The number of oxazole rings is 1. The number of alkyl halides is 3. The van der Waals surface area contributed by atoms with Crippen LogP contribution in [0.1, 0.15) is 24.2 Å². The van der Waals surface area contributed by atoms with Crippen molar-refractivity contribution >= 4 is 0 Å². The van der Waals surface area contributed by atoms with E-state index in [9.17, 15) is 13.2 Å². The molecule has 0 N–H and O–H groups in total. The van der Waals surface area contributed by atoms with Crippen molar-refractivity contribution in [2.75, 3.05) is 0 Å². The maximum atomic E-state index is 12.9. The zero-order chi connectivity index (χ0) is 14.2. The summed E-state index contributed by atoms with van der Waals surface area (Å²) in [4.78, 5) is 7.57. The van der Waals surface area contributed by atoms with Crippen LogP contribution in [0.4, 0.5) is 13.2 Å². The molecule has 1 fully saturated rings. The summed E-state index contributed by atoms with van der Waals surface area (Å²) >= 11 is 0. The first kappa shape index (κ1) is 13.1. The summed E-state index contributed by atoms with van der Waals surface area (Å²) in [7, 11) is 0. The van der Waals surface area contributed by atoms with Gasteiger partial charge in [0.15, 0.2) is 5.76 Å². The van der Waals surface area contributed by atoms with Gasteiger partial charge in [0.25, 0.3) is 0 Å². The maximum Gasteiger partial charge on any atom is 0.417 e. The van der Waals surface area contributed by atoms with Crippen LogP contribution in [-0.2, 0) is 17.5 Å². The van der Waals surface area contributed by atoms with Crippen molar-refractivity contribution in [3.8, 4) is 11.5 Å². The molecule has 0 unspecified atom stereocenters. The molecule has 1 aliphatic carbocycles. The van der Waals surface area contributed by atoms with Crippen LogP contribution in [0.5, 0.6) is 0 Å². The number of ether oxygens (including phenoxy) is 1. The molecule has 0 aromatic carbocycles. The number of aromatic nitrogens is 2. The third-order valence-corrected chi connectivity index (χ3v) is 2.90. The molecule has 0 radical (unpaired) electrons. The zero-order valence-corrected chi connectivity index (χ0v) is 10.4. The van der Waals surface area contributed by atoms with Crippen molar-refractivity contribution in [1.82, 2.24) is 9.97 Å². The Labute approximate surface area is 112 Å². The van der Waals surface area contributed by atoms with Gasteiger partial charge in [-0.25, -0.2) is 4.98 Å². The van der Waals surface area contributed by atoms with Crippen molar-refractivity contribution in [1.29, 1.82) is 0 Å². The van der Waals surface area contributed by atoms with Gasteiger partial charge in [0.2, 0.25) is 5.89 Å². The molecule has 106 valence electrons. The molecule has 1 aliphatic rings. The standard InChI is InChI=1S/C13H11F3N2O2/c14-13(15,16)11-3-4-17-6-10(11)12-18-5-9(20-12)7-19-8-1-2-8/h3-6,8H,1-2,7H2. The molecule has 4 nitrogen and oxygen atoms in total. The first-order valence-corrected chi connectivity index (χ1v) is 6.12. The molecule has 20 heavy (non-hydrogen) atoms. The molecule has 0 spiro atoms. The van der Waals surface area contributed by atoms with Gasteiger partial charge in [0.1, 0.15) is 6.61 Å². The van der Waals surface area contributed by atoms with E-state index in [1.54, 1.807) is 0 Å². The van der Waals surface area contributed by atoms with Crippen LogP contribution in [0.15, 0.2) is 29.1 Å². The summed E-state index contributed by atoms with van der Waals surface area (Å²) in [5.74, 6) is 0.309. The van der Waals surface area contributed by atoms with Crippen molar-refractivity contribution in [2.24, 2.45) is 0 Å². The lowest BCUT2D eigenvalue weighted by Gasteiger charge is -2.09. The summed E-state index contributed by atoms with van der Waals surface area (Å²) in [6, 6.07) is 0.903.